The first kappa shape index (κ1) is 16.6. The molecule has 0 spiro atoms. The van der Waals surface area contributed by atoms with Gasteiger partial charge in [0.05, 0.1) is 18.7 Å². The summed E-state index contributed by atoms with van der Waals surface area (Å²) in [7, 11) is -4.05. The second-order valence-electron chi connectivity index (χ2n) is 7.33. The Labute approximate surface area is 140 Å². The van der Waals surface area contributed by atoms with Crippen molar-refractivity contribution in [3.05, 3.63) is 0 Å². The van der Waals surface area contributed by atoms with Gasteiger partial charge in [-0.05, 0) is 25.3 Å². The Bertz CT molecular complexity index is 628. The molecule has 1 saturated carbocycles. The highest BCUT2D eigenvalue weighted by Crippen LogP contribution is 2.41. The number of amides is 1. The molecule has 10 heteroatoms. The van der Waals surface area contributed by atoms with Crippen molar-refractivity contribution in [2.45, 2.75) is 37.2 Å². The van der Waals surface area contributed by atoms with Gasteiger partial charge in [0.25, 0.3) is 0 Å². The Hall–Kier alpha value is -0.810. The number of hydrogen-bond donors (Lipinski definition) is 3. The number of carbonyl (C=O) groups is 1. The highest BCUT2D eigenvalue weighted by atomic mass is 32.2. The number of rotatable bonds is 2. The van der Waals surface area contributed by atoms with Crippen LogP contribution in [0.4, 0.5) is 4.39 Å². The van der Waals surface area contributed by atoms with Gasteiger partial charge in [-0.15, -0.1) is 0 Å². The quantitative estimate of drug-likeness (QED) is 0.528. The standard InChI is InChI=1S/C14H23FN4O4S/c15-13-10-6-18(9-4-16-5-9)2-1-8(10)3-11(20)14(13)19-7-12(21)17-24(19,22)23/h8-11,13-14,16,20H,1-7H2,(H,17,21). The van der Waals surface area contributed by atoms with Crippen LogP contribution in [0.5, 0.6) is 0 Å². The highest BCUT2D eigenvalue weighted by Gasteiger charge is 2.54. The van der Waals surface area contributed by atoms with Crippen LogP contribution in [0.25, 0.3) is 0 Å². The van der Waals surface area contributed by atoms with Crippen molar-refractivity contribution in [1.29, 1.82) is 0 Å². The largest absolute Gasteiger partial charge is 0.391 e. The van der Waals surface area contributed by atoms with Crippen LogP contribution in [0.2, 0.25) is 0 Å². The lowest BCUT2D eigenvalue weighted by molar-refractivity contribution is -0.120. The molecule has 4 rings (SSSR count). The lowest BCUT2D eigenvalue weighted by Crippen LogP contribution is -2.65. The number of hydrogen-bond acceptors (Lipinski definition) is 6. The van der Waals surface area contributed by atoms with Crippen LogP contribution in [0, 0.1) is 11.8 Å². The predicted octanol–water partition coefficient (Wildman–Crippen LogP) is -1.96. The number of nitrogens with one attached hydrogen (secondary N) is 2. The molecule has 1 amide bonds. The molecule has 0 aromatic carbocycles. The molecule has 3 N–H and O–H groups in total. The smallest absolute Gasteiger partial charge is 0.304 e. The minimum Gasteiger partial charge on any atom is -0.391 e. The molecule has 5 atom stereocenters. The number of likely N-dealkylation sites (tertiary alicyclic amines) is 1. The van der Waals surface area contributed by atoms with E-state index in [0.717, 1.165) is 30.4 Å². The van der Waals surface area contributed by atoms with Crippen LogP contribution in [0.1, 0.15) is 12.8 Å². The average molecular weight is 362 g/mol. The lowest BCUT2D eigenvalue weighted by atomic mass is 9.70. The third kappa shape index (κ3) is 2.64. The van der Waals surface area contributed by atoms with Crippen LogP contribution < -0.4 is 10.0 Å². The molecular formula is C14H23FN4O4S. The third-order valence-electron chi connectivity index (χ3n) is 5.97. The Balaban J connectivity index is 1.55. The number of carbonyl (C=O) groups excluding carboxylic acids is 1. The zero-order valence-electron chi connectivity index (χ0n) is 13.3. The van der Waals surface area contributed by atoms with Crippen molar-refractivity contribution in [3.63, 3.8) is 0 Å². The van der Waals surface area contributed by atoms with Crippen molar-refractivity contribution in [2.75, 3.05) is 32.7 Å². The summed E-state index contributed by atoms with van der Waals surface area (Å²) in [5.74, 6) is -0.925. The predicted molar refractivity (Wildman–Crippen MR) is 82.9 cm³/mol. The van der Waals surface area contributed by atoms with Crippen LogP contribution in [-0.2, 0) is 15.0 Å². The number of nitrogens with zero attached hydrogens (tertiary/aromatic N) is 2. The first-order chi connectivity index (χ1) is 11.4. The molecule has 136 valence electrons. The van der Waals surface area contributed by atoms with Crippen molar-refractivity contribution in [2.24, 2.45) is 11.8 Å². The second-order valence-corrected chi connectivity index (χ2v) is 8.96. The van der Waals surface area contributed by atoms with E-state index in [0.29, 0.717) is 19.0 Å². The van der Waals surface area contributed by atoms with Gasteiger partial charge in [0.2, 0.25) is 5.91 Å². The molecular weight excluding hydrogens is 339 g/mol. The fraction of sp³-hybridized carbons (Fsp3) is 0.929. The topological polar surface area (TPSA) is 102 Å². The minimum atomic E-state index is -4.05. The van der Waals surface area contributed by atoms with Crippen LogP contribution >= 0.6 is 0 Å². The molecule has 8 nitrogen and oxygen atoms in total. The second kappa shape index (κ2) is 5.87. The molecule has 0 aromatic rings. The van der Waals surface area contributed by atoms with Gasteiger partial charge in [-0.3, -0.25) is 9.69 Å². The number of piperidine rings is 1. The van der Waals surface area contributed by atoms with Crippen LogP contribution in [0.3, 0.4) is 0 Å². The summed E-state index contributed by atoms with van der Waals surface area (Å²) in [5, 5.41) is 13.6. The highest BCUT2D eigenvalue weighted by molar-refractivity contribution is 7.88. The van der Waals surface area contributed by atoms with E-state index in [1.54, 1.807) is 0 Å². The maximum absolute atomic E-state index is 15.3. The molecule has 3 saturated heterocycles. The van der Waals surface area contributed by atoms with E-state index in [9.17, 15) is 18.3 Å². The number of halogens is 1. The summed E-state index contributed by atoms with van der Waals surface area (Å²) in [6.45, 7) is 2.85. The summed E-state index contributed by atoms with van der Waals surface area (Å²) in [4.78, 5) is 13.7. The summed E-state index contributed by atoms with van der Waals surface area (Å²) in [5.41, 5.74) is 0. The Morgan fingerprint density at radius 2 is 2.04 bits per heavy atom. The van der Waals surface area contributed by atoms with E-state index >= 15 is 4.39 Å². The normalized spacial score (nSPS) is 43.9. The first-order valence-electron chi connectivity index (χ1n) is 8.46. The molecule has 3 heterocycles. The van der Waals surface area contributed by atoms with Gasteiger partial charge in [-0.2, -0.15) is 12.7 Å². The van der Waals surface area contributed by atoms with Crippen molar-refractivity contribution in [1.82, 2.24) is 19.2 Å². The summed E-state index contributed by atoms with van der Waals surface area (Å²) < 4.78 is 42.0. The van der Waals surface area contributed by atoms with Gasteiger partial charge >= 0.3 is 10.2 Å². The molecule has 5 unspecified atom stereocenters. The molecule has 24 heavy (non-hydrogen) atoms. The van der Waals surface area contributed by atoms with Crippen molar-refractivity contribution < 1.29 is 22.7 Å². The van der Waals surface area contributed by atoms with E-state index < -0.39 is 41.0 Å². The van der Waals surface area contributed by atoms with Crippen molar-refractivity contribution >= 4 is 16.1 Å². The Morgan fingerprint density at radius 3 is 2.62 bits per heavy atom. The fourth-order valence-electron chi connectivity index (χ4n) is 4.57. The first-order valence-corrected chi connectivity index (χ1v) is 9.90. The monoisotopic (exact) mass is 362 g/mol. The van der Waals surface area contributed by atoms with E-state index in [1.165, 1.54) is 0 Å². The molecule has 4 fully saturated rings. The Kier molecular flexibility index (Phi) is 4.07. The fourth-order valence-corrected chi connectivity index (χ4v) is 5.90. The molecule has 4 aliphatic rings. The lowest BCUT2D eigenvalue weighted by Gasteiger charge is -2.51. The van der Waals surface area contributed by atoms with Gasteiger partial charge in [0.1, 0.15) is 6.17 Å². The van der Waals surface area contributed by atoms with Gasteiger partial charge < -0.3 is 10.4 Å². The zero-order valence-corrected chi connectivity index (χ0v) is 14.1. The molecule has 0 aromatic heterocycles. The maximum atomic E-state index is 15.3. The maximum Gasteiger partial charge on any atom is 0.304 e. The SMILES string of the molecule is O=C1CN(C2C(O)CC3CCN(C4CNC4)CC3C2F)S(=O)(=O)N1. The average Bonchev–Trinajstić information content (AvgIpc) is 2.71. The van der Waals surface area contributed by atoms with Crippen LogP contribution in [-0.4, -0.2) is 85.7 Å². The van der Waals surface area contributed by atoms with Gasteiger partial charge in [-0.1, -0.05) is 0 Å². The van der Waals surface area contributed by atoms with E-state index in [4.69, 9.17) is 0 Å². The number of aliphatic hydroxyl groups is 1. The van der Waals surface area contributed by atoms with E-state index in [-0.39, 0.29) is 11.8 Å². The molecule has 1 aliphatic carbocycles. The summed E-state index contributed by atoms with van der Waals surface area (Å²) >= 11 is 0. The molecule has 0 bridgehead atoms. The summed E-state index contributed by atoms with van der Waals surface area (Å²) in [6.07, 6.45) is -1.36. The van der Waals surface area contributed by atoms with Gasteiger partial charge in [-0.25, -0.2) is 9.11 Å². The third-order valence-corrected chi connectivity index (χ3v) is 7.45. The molecule has 3 aliphatic heterocycles. The van der Waals surface area contributed by atoms with Crippen molar-refractivity contribution in [3.8, 4) is 0 Å². The zero-order chi connectivity index (χ0) is 17.1. The Morgan fingerprint density at radius 1 is 1.29 bits per heavy atom. The van der Waals surface area contributed by atoms with E-state index in [2.05, 4.69) is 10.2 Å². The molecule has 0 radical (unpaired) electrons. The number of fused-ring (bicyclic) bond motifs is 1. The van der Waals surface area contributed by atoms with E-state index in [1.807, 2.05) is 4.72 Å². The van der Waals surface area contributed by atoms with Gasteiger partial charge in [0, 0.05) is 31.6 Å². The van der Waals surface area contributed by atoms with Gasteiger partial charge in [0.15, 0.2) is 0 Å². The number of aliphatic hydroxyl groups excluding tert-OH is 1. The summed E-state index contributed by atoms with van der Waals surface area (Å²) in [6, 6.07) is -0.767. The number of alkyl halides is 1. The minimum absolute atomic E-state index is 0.0597. The van der Waals surface area contributed by atoms with Crippen LogP contribution in [0.15, 0.2) is 0 Å².